The van der Waals surface area contributed by atoms with Gasteiger partial charge in [-0.25, -0.2) is 0 Å². The molecule has 1 aliphatic rings. The van der Waals surface area contributed by atoms with Crippen molar-refractivity contribution < 1.29 is 0 Å². The number of hydrogen-bond donors (Lipinski definition) is 0. The zero-order chi connectivity index (χ0) is 7.07. The van der Waals surface area contributed by atoms with Crippen LogP contribution >= 0.6 is 0 Å². The van der Waals surface area contributed by atoms with Crippen LogP contribution in [0.25, 0.3) is 0 Å². The summed E-state index contributed by atoms with van der Waals surface area (Å²) in [5, 5.41) is 0. The normalized spacial score (nSPS) is 33.2. The van der Waals surface area contributed by atoms with Crippen LogP contribution in [0, 0.1) is 11.3 Å². The molecule has 1 rings (SSSR count). The SMILES string of the molecule is C=C1CC(C)CC1(C)C. The highest BCUT2D eigenvalue weighted by Crippen LogP contribution is 2.43. The van der Waals surface area contributed by atoms with E-state index in [1.165, 1.54) is 18.4 Å². The Labute approximate surface area is 58.0 Å². The van der Waals surface area contributed by atoms with Crippen LogP contribution in [-0.2, 0) is 0 Å². The lowest BCUT2D eigenvalue weighted by atomic mass is 9.88. The van der Waals surface area contributed by atoms with Crippen LogP contribution in [0.5, 0.6) is 0 Å². The van der Waals surface area contributed by atoms with Crippen LogP contribution in [0.3, 0.4) is 0 Å². The third-order valence-corrected chi connectivity index (χ3v) is 2.41. The molecule has 0 amide bonds. The Bertz CT molecular complexity index is 131. The highest BCUT2D eigenvalue weighted by molar-refractivity contribution is 5.13. The van der Waals surface area contributed by atoms with Gasteiger partial charge in [0.1, 0.15) is 0 Å². The van der Waals surface area contributed by atoms with Crippen molar-refractivity contribution in [2.75, 3.05) is 0 Å². The van der Waals surface area contributed by atoms with Crippen LogP contribution in [0.4, 0.5) is 0 Å². The highest BCUT2D eigenvalue weighted by atomic mass is 14.4. The predicted octanol–water partition coefficient (Wildman–Crippen LogP) is 3.00. The maximum atomic E-state index is 4.06. The summed E-state index contributed by atoms with van der Waals surface area (Å²) in [6.45, 7) is 10.9. The van der Waals surface area contributed by atoms with E-state index in [4.69, 9.17) is 0 Å². The first-order valence-corrected chi connectivity index (χ1v) is 3.70. The monoisotopic (exact) mass is 124 g/mol. The van der Waals surface area contributed by atoms with Crippen LogP contribution in [0.2, 0.25) is 0 Å². The highest BCUT2D eigenvalue weighted by Gasteiger charge is 2.31. The first kappa shape index (κ1) is 6.85. The maximum absolute atomic E-state index is 4.06. The van der Waals surface area contributed by atoms with Gasteiger partial charge < -0.3 is 0 Å². The fraction of sp³-hybridized carbons (Fsp3) is 0.778. The molecular weight excluding hydrogens is 108 g/mol. The average molecular weight is 124 g/mol. The molecule has 1 unspecified atom stereocenters. The van der Waals surface area contributed by atoms with Crippen molar-refractivity contribution in [3.8, 4) is 0 Å². The second-order valence-electron chi connectivity index (χ2n) is 4.00. The van der Waals surface area contributed by atoms with Crippen molar-refractivity contribution in [2.45, 2.75) is 33.6 Å². The minimum Gasteiger partial charge on any atom is -0.0993 e. The molecule has 0 N–H and O–H groups in total. The number of rotatable bonds is 0. The maximum Gasteiger partial charge on any atom is -0.0145 e. The summed E-state index contributed by atoms with van der Waals surface area (Å²) >= 11 is 0. The fourth-order valence-electron chi connectivity index (χ4n) is 1.78. The van der Waals surface area contributed by atoms with E-state index in [-0.39, 0.29) is 0 Å². The van der Waals surface area contributed by atoms with Crippen LogP contribution < -0.4 is 0 Å². The average Bonchev–Trinajstić information content (AvgIpc) is 1.79. The molecule has 0 nitrogen and oxygen atoms in total. The Morgan fingerprint density at radius 2 is 2.11 bits per heavy atom. The van der Waals surface area contributed by atoms with Gasteiger partial charge in [0.25, 0.3) is 0 Å². The molecule has 1 aliphatic carbocycles. The first-order chi connectivity index (χ1) is 4.02. The Morgan fingerprint density at radius 1 is 1.56 bits per heavy atom. The van der Waals surface area contributed by atoms with Crippen LogP contribution in [-0.4, -0.2) is 0 Å². The van der Waals surface area contributed by atoms with Gasteiger partial charge in [-0.15, -0.1) is 0 Å². The third-order valence-electron chi connectivity index (χ3n) is 2.41. The molecule has 9 heavy (non-hydrogen) atoms. The Hall–Kier alpha value is -0.260. The zero-order valence-corrected chi connectivity index (χ0v) is 6.70. The van der Waals surface area contributed by atoms with E-state index in [1.807, 2.05) is 0 Å². The molecule has 1 saturated carbocycles. The third kappa shape index (κ3) is 1.17. The summed E-state index contributed by atoms with van der Waals surface area (Å²) in [7, 11) is 0. The minimum absolute atomic E-state index is 0.430. The lowest BCUT2D eigenvalue weighted by molar-refractivity contribution is 0.420. The van der Waals surface area contributed by atoms with Crippen molar-refractivity contribution in [2.24, 2.45) is 11.3 Å². The number of hydrogen-bond acceptors (Lipinski definition) is 0. The summed E-state index contributed by atoms with van der Waals surface area (Å²) in [5.41, 5.74) is 1.87. The lowest BCUT2D eigenvalue weighted by Crippen LogP contribution is -2.06. The molecule has 1 fully saturated rings. The molecular formula is C9H16. The second-order valence-corrected chi connectivity index (χ2v) is 4.00. The van der Waals surface area contributed by atoms with Gasteiger partial charge in [-0.2, -0.15) is 0 Å². The first-order valence-electron chi connectivity index (χ1n) is 3.70. The fourth-order valence-corrected chi connectivity index (χ4v) is 1.78. The summed E-state index contributed by atoms with van der Waals surface area (Å²) in [4.78, 5) is 0. The van der Waals surface area contributed by atoms with Gasteiger partial charge in [0.15, 0.2) is 0 Å². The van der Waals surface area contributed by atoms with Gasteiger partial charge in [0.2, 0.25) is 0 Å². The molecule has 0 spiro atoms. The Morgan fingerprint density at radius 3 is 2.22 bits per heavy atom. The standard InChI is InChI=1S/C9H16/c1-7-5-8(2)9(3,4)6-7/h7H,2,5-6H2,1,3-4H3. The quantitative estimate of drug-likeness (QED) is 0.435. The van der Waals surface area contributed by atoms with E-state index >= 15 is 0 Å². The van der Waals surface area contributed by atoms with Crippen molar-refractivity contribution in [1.29, 1.82) is 0 Å². The van der Waals surface area contributed by atoms with E-state index in [9.17, 15) is 0 Å². The van der Waals surface area contributed by atoms with Gasteiger partial charge in [0, 0.05) is 0 Å². The molecule has 0 saturated heterocycles. The molecule has 0 radical (unpaired) electrons. The summed E-state index contributed by atoms with van der Waals surface area (Å²) < 4.78 is 0. The summed E-state index contributed by atoms with van der Waals surface area (Å²) in [5.74, 6) is 0.868. The topological polar surface area (TPSA) is 0 Å². The molecule has 0 bridgehead atoms. The Balaban J connectivity index is 2.70. The largest absolute Gasteiger partial charge is 0.0993 e. The molecule has 0 aliphatic heterocycles. The van der Waals surface area contributed by atoms with Crippen molar-refractivity contribution in [1.82, 2.24) is 0 Å². The Kier molecular flexibility index (Phi) is 1.42. The van der Waals surface area contributed by atoms with Gasteiger partial charge in [0.05, 0.1) is 0 Å². The smallest absolute Gasteiger partial charge is 0.0145 e. The zero-order valence-electron chi connectivity index (χ0n) is 6.70. The van der Waals surface area contributed by atoms with Gasteiger partial charge in [-0.3, -0.25) is 0 Å². The van der Waals surface area contributed by atoms with Crippen molar-refractivity contribution >= 4 is 0 Å². The van der Waals surface area contributed by atoms with E-state index in [0.29, 0.717) is 5.41 Å². The molecule has 0 aromatic rings. The van der Waals surface area contributed by atoms with Crippen molar-refractivity contribution in [3.63, 3.8) is 0 Å². The summed E-state index contributed by atoms with van der Waals surface area (Å²) in [6.07, 6.45) is 2.57. The van der Waals surface area contributed by atoms with Crippen molar-refractivity contribution in [3.05, 3.63) is 12.2 Å². The minimum atomic E-state index is 0.430. The second kappa shape index (κ2) is 1.86. The lowest BCUT2D eigenvalue weighted by Gasteiger charge is -2.17. The predicted molar refractivity (Wildman–Crippen MR) is 41.3 cm³/mol. The van der Waals surface area contributed by atoms with Crippen LogP contribution in [0.1, 0.15) is 33.6 Å². The van der Waals surface area contributed by atoms with E-state index in [2.05, 4.69) is 27.4 Å². The van der Waals surface area contributed by atoms with Gasteiger partial charge in [-0.1, -0.05) is 32.9 Å². The van der Waals surface area contributed by atoms with E-state index in [0.717, 1.165) is 5.92 Å². The molecule has 0 aromatic carbocycles. The van der Waals surface area contributed by atoms with Crippen LogP contribution in [0.15, 0.2) is 12.2 Å². The summed E-state index contributed by atoms with van der Waals surface area (Å²) in [6, 6.07) is 0. The molecule has 0 heterocycles. The van der Waals surface area contributed by atoms with Gasteiger partial charge in [-0.05, 0) is 24.2 Å². The molecule has 0 aromatic heterocycles. The molecule has 52 valence electrons. The number of allylic oxidation sites excluding steroid dienone is 1. The van der Waals surface area contributed by atoms with E-state index in [1.54, 1.807) is 0 Å². The molecule has 0 heteroatoms. The van der Waals surface area contributed by atoms with E-state index < -0.39 is 0 Å². The molecule has 1 atom stereocenters. The van der Waals surface area contributed by atoms with Gasteiger partial charge >= 0.3 is 0 Å².